The zero-order valence-electron chi connectivity index (χ0n) is 13.6. The number of carbonyl (C=O) groups excluding carboxylic acids is 1. The molecule has 0 aliphatic carbocycles. The van der Waals surface area contributed by atoms with Crippen molar-refractivity contribution in [1.82, 2.24) is 20.7 Å². The fourth-order valence-electron chi connectivity index (χ4n) is 2.43. The number of hydrogen-bond donors (Lipinski definition) is 3. The van der Waals surface area contributed by atoms with Gasteiger partial charge in [-0.1, -0.05) is 12.1 Å². The summed E-state index contributed by atoms with van der Waals surface area (Å²) < 4.78 is 25.1. The first-order valence-corrected chi connectivity index (χ1v) is 9.40. The molecule has 0 aliphatic rings. The molecule has 130 valence electrons. The summed E-state index contributed by atoms with van der Waals surface area (Å²) in [7, 11) is -3.35. The lowest BCUT2D eigenvalue weighted by atomic mass is 10.1. The van der Waals surface area contributed by atoms with Gasteiger partial charge in [-0.2, -0.15) is 15.4 Å². The molecule has 9 heteroatoms. The molecule has 3 N–H and O–H groups in total. The molecule has 1 unspecified atom stereocenters. The van der Waals surface area contributed by atoms with Gasteiger partial charge in [-0.15, -0.1) is 0 Å². The van der Waals surface area contributed by atoms with Crippen molar-refractivity contribution < 1.29 is 13.2 Å². The normalized spacial score (nSPS) is 12.7. The van der Waals surface area contributed by atoms with Crippen molar-refractivity contribution in [1.29, 1.82) is 0 Å². The Morgan fingerprint density at radius 3 is 2.64 bits per heavy atom. The van der Waals surface area contributed by atoms with Crippen molar-refractivity contribution in [2.75, 3.05) is 11.0 Å². The van der Waals surface area contributed by atoms with Crippen LogP contribution in [0, 0.1) is 0 Å². The Morgan fingerprint density at radius 1 is 1.12 bits per heavy atom. The Morgan fingerprint density at radius 2 is 1.88 bits per heavy atom. The van der Waals surface area contributed by atoms with Crippen molar-refractivity contribution in [2.24, 2.45) is 0 Å². The highest BCUT2D eigenvalue weighted by Gasteiger charge is 2.13. The van der Waals surface area contributed by atoms with Gasteiger partial charge in [0.05, 0.1) is 12.3 Å². The molecule has 0 saturated carbocycles. The molecule has 0 saturated heterocycles. The standard InChI is InChI=1S/C16H17N5O3S/c1-10(11-4-3-5-13(8-11)20-25(2,23)24)17-16(22)12-6-7-14-15(9-12)19-21-18-14/h3-10,20H,1-2H3,(H,17,22)(H,18,19,21). The van der Waals surface area contributed by atoms with Crippen LogP contribution < -0.4 is 10.0 Å². The Labute approximate surface area is 144 Å². The lowest BCUT2D eigenvalue weighted by molar-refractivity contribution is 0.0940. The number of nitrogens with zero attached hydrogens (tertiary/aromatic N) is 2. The highest BCUT2D eigenvalue weighted by Crippen LogP contribution is 2.19. The summed E-state index contributed by atoms with van der Waals surface area (Å²) in [6, 6.07) is 11.6. The van der Waals surface area contributed by atoms with Gasteiger partial charge in [0.1, 0.15) is 11.0 Å². The van der Waals surface area contributed by atoms with Crippen LogP contribution in [0.15, 0.2) is 42.5 Å². The first kappa shape index (κ1) is 16.9. The maximum absolute atomic E-state index is 12.4. The molecule has 1 amide bonds. The summed E-state index contributed by atoms with van der Waals surface area (Å²) in [6.07, 6.45) is 1.09. The van der Waals surface area contributed by atoms with Gasteiger partial charge in [-0.3, -0.25) is 9.52 Å². The second kappa shape index (κ2) is 6.52. The van der Waals surface area contributed by atoms with Crippen LogP contribution >= 0.6 is 0 Å². The predicted octanol–water partition coefficient (Wildman–Crippen LogP) is 1.82. The molecule has 2 aromatic carbocycles. The Hall–Kier alpha value is -2.94. The third-order valence-electron chi connectivity index (χ3n) is 3.62. The van der Waals surface area contributed by atoms with Crippen molar-refractivity contribution in [2.45, 2.75) is 13.0 Å². The van der Waals surface area contributed by atoms with Crippen LogP contribution in [0.3, 0.4) is 0 Å². The zero-order valence-corrected chi connectivity index (χ0v) is 14.5. The average molecular weight is 359 g/mol. The van der Waals surface area contributed by atoms with E-state index in [9.17, 15) is 13.2 Å². The summed E-state index contributed by atoms with van der Waals surface area (Å²) in [5.41, 5.74) is 3.00. The van der Waals surface area contributed by atoms with E-state index < -0.39 is 10.0 Å². The fourth-order valence-corrected chi connectivity index (χ4v) is 2.99. The number of amides is 1. The minimum absolute atomic E-state index is 0.251. The van der Waals surface area contributed by atoms with E-state index in [-0.39, 0.29) is 11.9 Å². The number of hydrogen-bond acceptors (Lipinski definition) is 5. The molecule has 0 radical (unpaired) electrons. The van der Waals surface area contributed by atoms with Gasteiger partial charge in [0.2, 0.25) is 10.0 Å². The molecule has 8 nitrogen and oxygen atoms in total. The molecule has 3 rings (SSSR count). The van der Waals surface area contributed by atoms with E-state index in [0.29, 0.717) is 22.3 Å². The number of nitrogens with one attached hydrogen (secondary N) is 3. The first-order valence-electron chi connectivity index (χ1n) is 7.51. The minimum atomic E-state index is -3.35. The van der Waals surface area contributed by atoms with E-state index in [4.69, 9.17) is 0 Å². The number of aromatic nitrogens is 3. The quantitative estimate of drug-likeness (QED) is 0.642. The highest BCUT2D eigenvalue weighted by molar-refractivity contribution is 7.92. The number of rotatable bonds is 5. The predicted molar refractivity (Wildman–Crippen MR) is 94.7 cm³/mol. The lowest BCUT2D eigenvalue weighted by Crippen LogP contribution is -2.26. The van der Waals surface area contributed by atoms with Gasteiger partial charge in [-0.05, 0) is 42.8 Å². The summed E-state index contributed by atoms with van der Waals surface area (Å²) in [5, 5.41) is 13.3. The maximum atomic E-state index is 12.4. The highest BCUT2D eigenvalue weighted by atomic mass is 32.2. The van der Waals surface area contributed by atoms with E-state index in [1.54, 1.807) is 36.4 Å². The Bertz CT molecular complexity index is 1030. The second-order valence-electron chi connectivity index (χ2n) is 5.72. The van der Waals surface area contributed by atoms with Gasteiger partial charge in [0, 0.05) is 11.3 Å². The molecule has 1 atom stereocenters. The number of sulfonamides is 1. The van der Waals surface area contributed by atoms with Gasteiger partial charge in [0.25, 0.3) is 5.91 Å². The van der Waals surface area contributed by atoms with Gasteiger partial charge in [0.15, 0.2) is 0 Å². The molecular weight excluding hydrogens is 342 g/mol. The molecule has 1 aromatic heterocycles. The molecule has 25 heavy (non-hydrogen) atoms. The molecule has 0 fully saturated rings. The summed E-state index contributed by atoms with van der Waals surface area (Å²) >= 11 is 0. The van der Waals surface area contributed by atoms with Crippen molar-refractivity contribution in [3.05, 3.63) is 53.6 Å². The zero-order chi connectivity index (χ0) is 18.0. The molecule has 3 aromatic rings. The topological polar surface area (TPSA) is 117 Å². The van der Waals surface area contributed by atoms with Crippen LogP contribution in [0.25, 0.3) is 11.0 Å². The average Bonchev–Trinajstić information content (AvgIpc) is 3.01. The number of fused-ring (bicyclic) bond motifs is 1. The monoisotopic (exact) mass is 359 g/mol. The molecule has 0 bridgehead atoms. The lowest BCUT2D eigenvalue weighted by Gasteiger charge is -2.15. The minimum Gasteiger partial charge on any atom is -0.346 e. The van der Waals surface area contributed by atoms with Crippen LogP contribution in [-0.2, 0) is 10.0 Å². The fraction of sp³-hybridized carbons (Fsp3) is 0.188. The van der Waals surface area contributed by atoms with Crippen molar-refractivity contribution in [3.8, 4) is 0 Å². The van der Waals surface area contributed by atoms with E-state index >= 15 is 0 Å². The largest absolute Gasteiger partial charge is 0.346 e. The van der Waals surface area contributed by atoms with E-state index in [0.717, 1.165) is 11.8 Å². The summed E-state index contributed by atoms with van der Waals surface area (Å²) in [4.78, 5) is 12.4. The van der Waals surface area contributed by atoms with Crippen LogP contribution in [-0.4, -0.2) is 36.0 Å². The third kappa shape index (κ3) is 4.13. The van der Waals surface area contributed by atoms with Gasteiger partial charge >= 0.3 is 0 Å². The van der Waals surface area contributed by atoms with E-state index in [1.807, 2.05) is 13.0 Å². The number of carbonyl (C=O) groups is 1. The van der Waals surface area contributed by atoms with E-state index in [1.165, 1.54) is 0 Å². The SMILES string of the molecule is CC(NC(=O)c1ccc2n[nH]nc2c1)c1cccc(NS(C)(=O)=O)c1. The van der Waals surface area contributed by atoms with Crippen LogP contribution in [0.4, 0.5) is 5.69 Å². The summed E-state index contributed by atoms with van der Waals surface area (Å²) in [6.45, 7) is 1.83. The summed E-state index contributed by atoms with van der Waals surface area (Å²) in [5.74, 6) is -0.251. The number of benzene rings is 2. The Kier molecular flexibility index (Phi) is 4.41. The van der Waals surface area contributed by atoms with Gasteiger partial charge in [-0.25, -0.2) is 8.42 Å². The molecule has 1 heterocycles. The first-order chi connectivity index (χ1) is 11.8. The van der Waals surface area contributed by atoms with Crippen LogP contribution in [0.1, 0.15) is 28.9 Å². The van der Waals surface area contributed by atoms with Crippen molar-refractivity contribution in [3.63, 3.8) is 0 Å². The van der Waals surface area contributed by atoms with Crippen LogP contribution in [0.5, 0.6) is 0 Å². The number of anilines is 1. The Balaban J connectivity index is 1.75. The second-order valence-corrected chi connectivity index (χ2v) is 7.47. The molecular formula is C16H17N5O3S. The van der Waals surface area contributed by atoms with Gasteiger partial charge < -0.3 is 5.32 Å². The van der Waals surface area contributed by atoms with Crippen LogP contribution in [0.2, 0.25) is 0 Å². The van der Waals surface area contributed by atoms with E-state index in [2.05, 4.69) is 25.4 Å². The van der Waals surface area contributed by atoms with Crippen molar-refractivity contribution >= 4 is 32.7 Å². The number of aromatic amines is 1. The number of H-pyrrole nitrogens is 1. The molecule has 0 aliphatic heterocycles. The molecule has 0 spiro atoms. The third-order valence-corrected chi connectivity index (χ3v) is 4.22. The maximum Gasteiger partial charge on any atom is 0.251 e. The smallest absolute Gasteiger partial charge is 0.251 e.